The minimum absolute atomic E-state index is 0.211. The van der Waals surface area contributed by atoms with Gasteiger partial charge in [0, 0.05) is 17.3 Å². The van der Waals surface area contributed by atoms with Crippen LogP contribution >= 0.6 is 27.5 Å². The van der Waals surface area contributed by atoms with Crippen molar-refractivity contribution < 1.29 is 4.79 Å². The van der Waals surface area contributed by atoms with Crippen LogP contribution < -0.4 is 5.32 Å². The van der Waals surface area contributed by atoms with Crippen LogP contribution in [0.1, 0.15) is 23.0 Å². The molecule has 1 N–H and O–H groups in total. The smallest absolute Gasteiger partial charge is 0.275 e. The number of aromatic nitrogens is 2. The summed E-state index contributed by atoms with van der Waals surface area (Å²) >= 11 is 9.37. The van der Waals surface area contributed by atoms with Gasteiger partial charge >= 0.3 is 0 Å². The number of hydrogen-bond donors (Lipinski definition) is 1. The standard InChI is InChI=1S/C13H13BrClN3O/c1-3-18-12(9(14)7-16-18)13(19)17-11-6-4-5-10(15)8(11)2/h4-7H,3H2,1-2H3,(H,17,19). The second kappa shape index (κ2) is 5.75. The molecule has 0 saturated heterocycles. The molecule has 0 bridgehead atoms. The number of amides is 1. The molecule has 1 aromatic heterocycles. The van der Waals surface area contributed by atoms with E-state index < -0.39 is 0 Å². The highest BCUT2D eigenvalue weighted by Gasteiger charge is 2.17. The van der Waals surface area contributed by atoms with Gasteiger partial charge in [-0.2, -0.15) is 5.10 Å². The minimum atomic E-state index is -0.211. The Morgan fingerprint density at radius 1 is 1.53 bits per heavy atom. The zero-order chi connectivity index (χ0) is 14.0. The maximum absolute atomic E-state index is 12.3. The van der Waals surface area contributed by atoms with Gasteiger partial charge < -0.3 is 5.32 Å². The summed E-state index contributed by atoms with van der Waals surface area (Å²) in [6, 6.07) is 5.41. The van der Waals surface area contributed by atoms with Gasteiger partial charge in [0.25, 0.3) is 5.91 Å². The van der Waals surface area contributed by atoms with Gasteiger partial charge in [0.05, 0.1) is 10.7 Å². The molecule has 0 saturated carbocycles. The van der Waals surface area contributed by atoms with E-state index in [2.05, 4.69) is 26.3 Å². The number of nitrogens with one attached hydrogen (secondary N) is 1. The van der Waals surface area contributed by atoms with Crippen LogP contribution in [-0.4, -0.2) is 15.7 Å². The Kier molecular flexibility index (Phi) is 4.27. The molecule has 19 heavy (non-hydrogen) atoms. The van der Waals surface area contributed by atoms with Gasteiger partial charge in [-0.3, -0.25) is 9.48 Å². The molecule has 1 heterocycles. The summed E-state index contributed by atoms with van der Waals surface area (Å²) in [6.45, 7) is 4.42. The summed E-state index contributed by atoms with van der Waals surface area (Å²) in [5.74, 6) is -0.211. The van der Waals surface area contributed by atoms with E-state index in [0.29, 0.717) is 27.4 Å². The molecule has 0 spiro atoms. The molecule has 0 aliphatic carbocycles. The lowest BCUT2D eigenvalue weighted by Gasteiger charge is -2.10. The van der Waals surface area contributed by atoms with Crippen LogP contribution in [0.3, 0.4) is 0 Å². The number of benzene rings is 1. The van der Waals surface area contributed by atoms with Gasteiger partial charge in [-0.15, -0.1) is 0 Å². The normalized spacial score (nSPS) is 10.5. The Balaban J connectivity index is 2.31. The Morgan fingerprint density at radius 2 is 2.26 bits per heavy atom. The Labute approximate surface area is 124 Å². The lowest BCUT2D eigenvalue weighted by atomic mass is 10.2. The zero-order valence-electron chi connectivity index (χ0n) is 10.6. The number of aryl methyl sites for hydroxylation is 1. The van der Waals surface area contributed by atoms with E-state index >= 15 is 0 Å². The lowest BCUT2D eigenvalue weighted by Crippen LogP contribution is -2.18. The first kappa shape index (κ1) is 14.1. The van der Waals surface area contributed by atoms with Crippen LogP contribution in [0, 0.1) is 6.92 Å². The van der Waals surface area contributed by atoms with Gasteiger partial charge in [0.2, 0.25) is 0 Å². The Morgan fingerprint density at radius 3 is 2.95 bits per heavy atom. The highest BCUT2D eigenvalue weighted by molar-refractivity contribution is 9.10. The highest BCUT2D eigenvalue weighted by atomic mass is 79.9. The van der Waals surface area contributed by atoms with Crippen LogP contribution in [0.15, 0.2) is 28.9 Å². The van der Waals surface area contributed by atoms with Crippen LogP contribution in [0.2, 0.25) is 5.02 Å². The second-order valence-corrected chi connectivity index (χ2v) is 5.28. The number of halogens is 2. The van der Waals surface area contributed by atoms with Crippen LogP contribution in [-0.2, 0) is 6.54 Å². The van der Waals surface area contributed by atoms with E-state index in [1.54, 1.807) is 23.0 Å². The molecule has 1 aromatic carbocycles. The summed E-state index contributed by atoms with van der Waals surface area (Å²) in [5, 5.41) is 7.60. The maximum Gasteiger partial charge on any atom is 0.275 e. The third-order valence-corrected chi connectivity index (χ3v) is 3.82. The van der Waals surface area contributed by atoms with Crippen molar-refractivity contribution in [2.24, 2.45) is 0 Å². The molecular formula is C13H13BrClN3O. The Bertz CT molecular complexity index is 624. The van der Waals surface area contributed by atoms with E-state index in [4.69, 9.17) is 11.6 Å². The van der Waals surface area contributed by atoms with Gasteiger partial charge in [0.1, 0.15) is 5.69 Å². The van der Waals surface area contributed by atoms with Crippen molar-refractivity contribution >= 4 is 39.1 Å². The van der Waals surface area contributed by atoms with E-state index in [1.807, 2.05) is 19.9 Å². The van der Waals surface area contributed by atoms with E-state index in [1.165, 1.54) is 0 Å². The van der Waals surface area contributed by atoms with Gasteiger partial charge in [-0.25, -0.2) is 0 Å². The predicted molar refractivity (Wildman–Crippen MR) is 79.7 cm³/mol. The average molecular weight is 343 g/mol. The van der Waals surface area contributed by atoms with Gasteiger partial charge in [0.15, 0.2) is 0 Å². The Hall–Kier alpha value is -1.33. The third-order valence-electron chi connectivity index (χ3n) is 2.83. The van der Waals surface area contributed by atoms with Crippen LogP contribution in [0.4, 0.5) is 5.69 Å². The van der Waals surface area contributed by atoms with Crippen molar-refractivity contribution in [3.63, 3.8) is 0 Å². The molecule has 1 amide bonds. The number of hydrogen-bond acceptors (Lipinski definition) is 2. The maximum atomic E-state index is 12.3. The zero-order valence-corrected chi connectivity index (χ0v) is 12.9. The molecule has 4 nitrogen and oxygen atoms in total. The van der Waals surface area contributed by atoms with Gasteiger partial charge in [-0.05, 0) is 47.5 Å². The fourth-order valence-electron chi connectivity index (χ4n) is 1.75. The molecule has 0 radical (unpaired) electrons. The van der Waals surface area contributed by atoms with E-state index in [9.17, 15) is 4.79 Å². The topological polar surface area (TPSA) is 46.9 Å². The first-order valence-electron chi connectivity index (χ1n) is 5.82. The van der Waals surface area contributed by atoms with Crippen molar-refractivity contribution in [1.29, 1.82) is 0 Å². The van der Waals surface area contributed by atoms with E-state index in [-0.39, 0.29) is 5.91 Å². The van der Waals surface area contributed by atoms with Crippen LogP contribution in [0.5, 0.6) is 0 Å². The molecule has 0 fully saturated rings. The molecule has 0 aliphatic rings. The van der Waals surface area contributed by atoms with Crippen LogP contribution in [0.25, 0.3) is 0 Å². The summed E-state index contributed by atoms with van der Waals surface area (Å²) in [5.41, 5.74) is 2.05. The first-order chi connectivity index (χ1) is 9.04. The third kappa shape index (κ3) is 2.82. The first-order valence-corrected chi connectivity index (χ1v) is 6.99. The molecule has 6 heteroatoms. The monoisotopic (exact) mass is 341 g/mol. The number of rotatable bonds is 3. The van der Waals surface area contributed by atoms with Crippen molar-refractivity contribution in [3.05, 3.63) is 45.1 Å². The number of anilines is 1. The van der Waals surface area contributed by atoms with Crippen molar-refractivity contribution in [3.8, 4) is 0 Å². The molecule has 0 aliphatic heterocycles. The fraction of sp³-hybridized carbons (Fsp3) is 0.231. The molecule has 0 unspecified atom stereocenters. The SMILES string of the molecule is CCn1ncc(Br)c1C(=O)Nc1cccc(Cl)c1C. The second-order valence-electron chi connectivity index (χ2n) is 4.02. The number of nitrogens with zero attached hydrogens (tertiary/aromatic N) is 2. The van der Waals surface area contributed by atoms with E-state index in [0.717, 1.165) is 5.56 Å². The summed E-state index contributed by atoms with van der Waals surface area (Å²) in [6.07, 6.45) is 1.61. The highest BCUT2D eigenvalue weighted by Crippen LogP contribution is 2.24. The minimum Gasteiger partial charge on any atom is -0.320 e. The fourth-order valence-corrected chi connectivity index (χ4v) is 2.40. The molecular weight excluding hydrogens is 330 g/mol. The summed E-state index contributed by atoms with van der Waals surface area (Å²) < 4.78 is 2.31. The van der Waals surface area contributed by atoms with Crippen molar-refractivity contribution in [1.82, 2.24) is 9.78 Å². The van der Waals surface area contributed by atoms with Gasteiger partial charge in [-0.1, -0.05) is 17.7 Å². The summed E-state index contributed by atoms with van der Waals surface area (Å²) in [7, 11) is 0. The lowest BCUT2D eigenvalue weighted by molar-refractivity contribution is 0.101. The van der Waals surface area contributed by atoms with Crippen molar-refractivity contribution in [2.45, 2.75) is 20.4 Å². The molecule has 2 aromatic rings. The number of carbonyl (C=O) groups excluding carboxylic acids is 1. The summed E-state index contributed by atoms with van der Waals surface area (Å²) in [4.78, 5) is 12.3. The quantitative estimate of drug-likeness (QED) is 0.920. The predicted octanol–water partition coefficient (Wildman–Crippen LogP) is 3.88. The molecule has 2 rings (SSSR count). The van der Waals surface area contributed by atoms with Crippen molar-refractivity contribution in [2.75, 3.05) is 5.32 Å². The average Bonchev–Trinajstić information content (AvgIpc) is 2.76. The molecule has 0 atom stereocenters. The number of carbonyl (C=O) groups is 1. The largest absolute Gasteiger partial charge is 0.320 e. The molecule has 100 valence electrons.